The van der Waals surface area contributed by atoms with Crippen molar-refractivity contribution in [2.75, 3.05) is 5.75 Å². The van der Waals surface area contributed by atoms with Crippen molar-refractivity contribution in [3.63, 3.8) is 0 Å². The van der Waals surface area contributed by atoms with Gasteiger partial charge in [-0.3, -0.25) is 0 Å². The molecule has 1 heterocycles. The minimum Gasteiger partial charge on any atom is -0.248 e. The van der Waals surface area contributed by atoms with E-state index in [0.29, 0.717) is 13.0 Å². The average Bonchev–Trinajstić information content (AvgIpc) is 2.64. The molecule has 0 saturated heterocycles. The van der Waals surface area contributed by atoms with Gasteiger partial charge in [0.05, 0.1) is 12.3 Å². The van der Waals surface area contributed by atoms with Gasteiger partial charge in [0, 0.05) is 11.6 Å². The lowest BCUT2D eigenvalue weighted by molar-refractivity contribution is 0.577. The van der Waals surface area contributed by atoms with Crippen LogP contribution in [0.5, 0.6) is 0 Å². The monoisotopic (exact) mass is 234 g/mol. The maximum atomic E-state index is 11.4. The van der Waals surface area contributed by atoms with Gasteiger partial charge in [-0.05, 0) is 6.42 Å². The molecule has 1 N–H and O–H groups in total. The van der Waals surface area contributed by atoms with Gasteiger partial charge >= 0.3 is 0 Å². The molecule has 1 aromatic heterocycles. The van der Waals surface area contributed by atoms with E-state index in [4.69, 9.17) is 0 Å². The third-order valence-electron chi connectivity index (χ3n) is 1.69. The molecule has 0 aliphatic carbocycles. The Labute approximate surface area is 88.4 Å². The summed E-state index contributed by atoms with van der Waals surface area (Å²) < 4.78 is 25.2. The minimum atomic E-state index is -3.10. The van der Waals surface area contributed by atoms with Crippen molar-refractivity contribution in [1.82, 2.24) is 9.71 Å². The Morgan fingerprint density at radius 2 is 2.36 bits per heavy atom. The van der Waals surface area contributed by atoms with Crippen LogP contribution in [0.3, 0.4) is 0 Å². The topological polar surface area (TPSA) is 59.1 Å². The van der Waals surface area contributed by atoms with Crippen molar-refractivity contribution in [2.24, 2.45) is 0 Å². The Bertz CT molecular complexity index is 345. The van der Waals surface area contributed by atoms with Crippen LogP contribution in [0.25, 0.3) is 0 Å². The van der Waals surface area contributed by atoms with Crippen LogP contribution in [0.2, 0.25) is 0 Å². The van der Waals surface area contributed by atoms with E-state index in [9.17, 15) is 8.42 Å². The molecule has 0 spiro atoms. The van der Waals surface area contributed by atoms with Gasteiger partial charge in [-0.25, -0.2) is 18.1 Å². The van der Waals surface area contributed by atoms with Crippen molar-refractivity contribution >= 4 is 21.4 Å². The molecule has 0 radical (unpaired) electrons. The Morgan fingerprint density at radius 1 is 1.57 bits per heavy atom. The molecule has 0 unspecified atom stereocenters. The predicted octanol–water partition coefficient (Wildman–Crippen LogP) is 1.36. The van der Waals surface area contributed by atoms with Crippen LogP contribution in [-0.2, 0) is 16.6 Å². The lowest BCUT2D eigenvalue weighted by Crippen LogP contribution is -2.25. The maximum absolute atomic E-state index is 11.4. The van der Waals surface area contributed by atoms with Gasteiger partial charge in [0.25, 0.3) is 0 Å². The summed E-state index contributed by atoms with van der Waals surface area (Å²) in [5.74, 6) is 0.203. The van der Waals surface area contributed by atoms with Crippen LogP contribution in [0.15, 0.2) is 11.6 Å². The summed E-state index contributed by atoms with van der Waals surface area (Å²) in [6, 6.07) is 0. The van der Waals surface area contributed by atoms with Crippen LogP contribution >= 0.6 is 11.3 Å². The summed E-state index contributed by atoms with van der Waals surface area (Å²) in [6.07, 6.45) is 3.26. The smallest absolute Gasteiger partial charge is 0.211 e. The van der Waals surface area contributed by atoms with E-state index in [1.54, 1.807) is 6.20 Å². The van der Waals surface area contributed by atoms with E-state index >= 15 is 0 Å². The number of nitrogens with one attached hydrogen (secondary N) is 1. The fraction of sp³-hybridized carbons (Fsp3) is 0.625. The molecule has 0 saturated carbocycles. The zero-order chi connectivity index (χ0) is 10.4. The number of aromatic nitrogens is 1. The standard InChI is InChI=1S/C8H14N2O2S2/c1-2-3-6-14(11,12)10-7-8-9-4-5-13-8/h4-5,10H,2-3,6-7H2,1H3. The highest BCUT2D eigenvalue weighted by molar-refractivity contribution is 7.89. The summed E-state index contributed by atoms with van der Waals surface area (Å²) in [5.41, 5.74) is 0. The second-order valence-electron chi connectivity index (χ2n) is 2.92. The second kappa shape index (κ2) is 5.43. The highest BCUT2D eigenvalue weighted by Gasteiger charge is 2.09. The van der Waals surface area contributed by atoms with Crippen LogP contribution < -0.4 is 4.72 Å². The Morgan fingerprint density at radius 3 is 2.93 bits per heavy atom. The molecule has 0 aliphatic heterocycles. The first kappa shape index (κ1) is 11.6. The lowest BCUT2D eigenvalue weighted by atomic mass is 10.4. The summed E-state index contributed by atoms with van der Waals surface area (Å²) in [6.45, 7) is 2.28. The quantitative estimate of drug-likeness (QED) is 0.808. The fourth-order valence-electron chi connectivity index (χ4n) is 0.918. The van der Waals surface area contributed by atoms with Crippen molar-refractivity contribution in [3.05, 3.63) is 16.6 Å². The van der Waals surface area contributed by atoms with Gasteiger partial charge in [0.15, 0.2) is 0 Å². The number of thiazole rings is 1. The summed E-state index contributed by atoms with van der Waals surface area (Å²) in [4.78, 5) is 3.99. The molecule has 80 valence electrons. The van der Waals surface area contributed by atoms with Gasteiger partial charge in [-0.2, -0.15) is 0 Å². The van der Waals surface area contributed by atoms with E-state index in [0.717, 1.165) is 11.4 Å². The number of sulfonamides is 1. The zero-order valence-electron chi connectivity index (χ0n) is 8.06. The van der Waals surface area contributed by atoms with Crippen molar-refractivity contribution in [3.8, 4) is 0 Å². The van der Waals surface area contributed by atoms with Gasteiger partial charge in [0.1, 0.15) is 5.01 Å². The molecule has 0 aliphatic rings. The van der Waals surface area contributed by atoms with E-state index in [2.05, 4.69) is 9.71 Å². The molecule has 0 amide bonds. The number of nitrogens with zero attached hydrogens (tertiary/aromatic N) is 1. The molecule has 0 atom stereocenters. The SMILES string of the molecule is CCCCS(=O)(=O)NCc1nccs1. The Balaban J connectivity index is 2.37. The highest BCUT2D eigenvalue weighted by Crippen LogP contribution is 2.04. The molecule has 0 fully saturated rings. The third kappa shape index (κ3) is 4.17. The molecule has 0 bridgehead atoms. The van der Waals surface area contributed by atoms with E-state index in [1.165, 1.54) is 11.3 Å². The molecule has 14 heavy (non-hydrogen) atoms. The first-order chi connectivity index (χ1) is 6.64. The lowest BCUT2D eigenvalue weighted by Gasteiger charge is -2.03. The Hall–Kier alpha value is -0.460. The fourth-order valence-corrected chi connectivity index (χ4v) is 2.74. The normalized spacial score (nSPS) is 11.8. The molecule has 0 aromatic carbocycles. The van der Waals surface area contributed by atoms with Gasteiger partial charge in [-0.15, -0.1) is 11.3 Å². The van der Waals surface area contributed by atoms with Crippen molar-refractivity contribution in [1.29, 1.82) is 0 Å². The van der Waals surface area contributed by atoms with E-state index in [1.807, 2.05) is 12.3 Å². The first-order valence-corrected chi connectivity index (χ1v) is 7.03. The zero-order valence-corrected chi connectivity index (χ0v) is 9.70. The molecule has 1 aromatic rings. The molecule has 6 heteroatoms. The van der Waals surface area contributed by atoms with Crippen molar-refractivity contribution < 1.29 is 8.42 Å². The molecule has 4 nitrogen and oxygen atoms in total. The molecular weight excluding hydrogens is 220 g/mol. The van der Waals surface area contributed by atoms with Crippen LogP contribution in [-0.4, -0.2) is 19.2 Å². The number of hydrogen-bond acceptors (Lipinski definition) is 4. The van der Waals surface area contributed by atoms with Crippen LogP contribution in [0, 0.1) is 0 Å². The Kier molecular flexibility index (Phi) is 4.50. The highest BCUT2D eigenvalue weighted by atomic mass is 32.2. The maximum Gasteiger partial charge on any atom is 0.211 e. The summed E-state index contributed by atoms with van der Waals surface area (Å²) in [5, 5.41) is 2.63. The first-order valence-electron chi connectivity index (χ1n) is 4.50. The van der Waals surface area contributed by atoms with Gasteiger partial charge in [-0.1, -0.05) is 13.3 Å². The molecular formula is C8H14N2O2S2. The second-order valence-corrected chi connectivity index (χ2v) is 5.82. The summed E-state index contributed by atoms with van der Waals surface area (Å²) >= 11 is 1.45. The van der Waals surface area contributed by atoms with Crippen LogP contribution in [0.4, 0.5) is 0 Å². The largest absolute Gasteiger partial charge is 0.248 e. The molecule has 1 rings (SSSR count). The summed E-state index contributed by atoms with van der Waals surface area (Å²) in [7, 11) is -3.10. The van der Waals surface area contributed by atoms with E-state index in [-0.39, 0.29) is 5.75 Å². The van der Waals surface area contributed by atoms with Crippen molar-refractivity contribution in [2.45, 2.75) is 26.3 Å². The number of unbranched alkanes of at least 4 members (excludes halogenated alkanes) is 1. The van der Waals surface area contributed by atoms with Crippen LogP contribution in [0.1, 0.15) is 24.8 Å². The van der Waals surface area contributed by atoms with E-state index < -0.39 is 10.0 Å². The minimum absolute atomic E-state index is 0.203. The third-order valence-corrected chi connectivity index (χ3v) is 3.88. The van der Waals surface area contributed by atoms with Gasteiger partial charge in [0.2, 0.25) is 10.0 Å². The average molecular weight is 234 g/mol. The van der Waals surface area contributed by atoms with Gasteiger partial charge < -0.3 is 0 Å². The number of hydrogen-bond donors (Lipinski definition) is 1. The number of rotatable bonds is 6. The predicted molar refractivity (Wildman–Crippen MR) is 57.6 cm³/mol.